The molecule has 2 amide bonds. The molecule has 0 unspecified atom stereocenters. The number of pyridine rings is 1. The maximum Gasteiger partial charge on any atom is 0.410 e. The van der Waals surface area contributed by atoms with Crippen LogP contribution in [0, 0.1) is 5.92 Å². The molecule has 2 atom stereocenters. The molecule has 1 aliphatic carbocycles. The SMILES string of the molecule is Cn1c(-c2cc3cccnc3n2CC2CC2)nc2cc(C(=O)N[C@@H]3CN(C(=O)OC(C)(C)C)C[C@@H]3O)ccc21. The van der Waals surface area contributed by atoms with Crippen molar-refractivity contribution in [2.45, 2.75) is 57.9 Å². The highest BCUT2D eigenvalue weighted by atomic mass is 16.6. The van der Waals surface area contributed by atoms with Crippen molar-refractivity contribution >= 4 is 34.1 Å². The van der Waals surface area contributed by atoms with Gasteiger partial charge in [-0.25, -0.2) is 14.8 Å². The minimum Gasteiger partial charge on any atom is -0.444 e. The number of benzene rings is 1. The van der Waals surface area contributed by atoms with E-state index in [0.29, 0.717) is 17.0 Å². The van der Waals surface area contributed by atoms with Gasteiger partial charge >= 0.3 is 6.09 Å². The van der Waals surface area contributed by atoms with Crippen LogP contribution in [0.5, 0.6) is 0 Å². The Kier molecular flexibility index (Phi) is 6.10. The molecule has 1 saturated carbocycles. The number of carbonyl (C=O) groups excluding carboxylic acids is 2. The lowest BCUT2D eigenvalue weighted by Crippen LogP contribution is -2.43. The average molecular weight is 531 g/mol. The number of nitrogens with zero attached hydrogens (tertiary/aromatic N) is 5. The summed E-state index contributed by atoms with van der Waals surface area (Å²) in [6, 6.07) is 11.0. The monoisotopic (exact) mass is 530 g/mol. The first-order valence-electron chi connectivity index (χ1n) is 13.5. The van der Waals surface area contributed by atoms with E-state index >= 15 is 0 Å². The van der Waals surface area contributed by atoms with Crippen LogP contribution >= 0.6 is 0 Å². The molecule has 204 valence electrons. The number of carbonyl (C=O) groups is 2. The third-order valence-corrected chi connectivity index (χ3v) is 7.42. The summed E-state index contributed by atoms with van der Waals surface area (Å²) in [5.41, 5.74) is 3.39. The number of rotatable bonds is 5. The highest BCUT2D eigenvalue weighted by molar-refractivity contribution is 5.98. The third-order valence-electron chi connectivity index (χ3n) is 7.42. The zero-order valence-corrected chi connectivity index (χ0v) is 22.7. The van der Waals surface area contributed by atoms with Crippen LogP contribution in [0.15, 0.2) is 42.6 Å². The number of imidazole rings is 1. The largest absolute Gasteiger partial charge is 0.444 e. The van der Waals surface area contributed by atoms with Crippen LogP contribution < -0.4 is 5.32 Å². The average Bonchev–Trinajstić information content (AvgIpc) is 3.41. The minimum atomic E-state index is -0.881. The second kappa shape index (κ2) is 9.37. The molecule has 1 saturated heterocycles. The highest BCUT2D eigenvalue weighted by Crippen LogP contribution is 2.36. The molecular weight excluding hydrogens is 496 g/mol. The van der Waals surface area contributed by atoms with Crippen LogP contribution in [0.1, 0.15) is 44.0 Å². The number of aliphatic hydroxyl groups excluding tert-OH is 1. The number of hydrogen-bond acceptors (Lipinski definition) is 6. The number of likely N-dealkylation sites (tertiary alicyclic amines) is 1. The van der Waals surface area contributed by atoms with Crippen molar-refractivity contribution in [1.82, 2.24) is 29.3 Å². The molecule has 0 radical (unpaired) electrons. The summed E-state index contributed by atoms with van der Waals surface area (Å²) in [4.78, 5) is 36.6. The van der Waals surface area contributed by atoms with Gasteiger partial charge in [0.1, 0.15) is 11.2 Å². The first-order valence-corrected chi connectivity index (χ1v) is 13.5. The standard InChI is InChI=1S/C29H34N6O4/c1-29(2,3)39-28(38)34-15-21(24(36)16-34)32-27(37)19-9-10-22-20(12-19)31-26(33(22)4)23-13-18-6-5-11-30-25(18)35(23)14-17-7-8-17/h5-6,9-13,17,21,24,36H,7-8,14-16H2,1-4H3,(H,32,37)/t21-,24+/m1/s1. The number of hydrogen-bond donors (Lipinski definition) is 2. The molecule has 4 heterocycles. The summed E-state index contributed by atoms with van der Waals surface area (Å²) in [7, 11) is 1.98. The Bertz CT molecular complexity index is 1580. The van der Waals surface area contributed by atoms with Crippen molar-refractivity contribution in [3.05, 3.63) is 48.2 Å². The number of ether oxygens (including phenoxy) is 1. The maximum absolute atomic E-state index is 13.2. The van der Waals surface area contributed by atoms with Crippen LogP contribution in [-0.4, -0.2) is 71.9 Å². The smallest absolute Gasteiger partial charge is 0.410 e. The Balaban J connectivity index is 1.24. The van der Waals surface area contributed by atoms with Crippen molar-refractivity contribution in [1.29, 1.82) is 0 Å². The first kappa shape index (κ1) is 25.4. The highest BCUT2D eigenvalue weighted by Gasteiger charge is 2.37. The molecule has 1 aromatic carbocycles. The number of amides is 2. The van der Waals surface area contributed by atoms with Crippen molar-refractivity contribution in [3.8, 4) is 11.5 Å². The van der Waals surface area contributed by atoms with Gasteiger partial charge in [-0.05, 0) is 75.9 Å². The molecule has 3 aromatic heterocycles. The molecule has 0 bridgehead atoms. The third kappa shape index (κ3) is 4.96. The van der Waals surface area contributed by atoms with Crippen LogP contribution in [0.3, 0.4) is 0 Å². The minimum absolute atomic E-state index is 0.103. The van der Waals surface area contributed by atoms with Gasteiger partial charge in [0.15, 0.2) is 5.82 Å². The topological polar surface area (TPSA) is 115 Å². The van der Waals surface area contributed by atoms with Gasteiger partial charge in [0.05, 0.1) is 35.4 Å². The van der Waals surface area contributed by atoms with Gasteiger partial charge in [-0.15, -0.1) is 0 Å². The van der Waals surface area contributed by atoms with E-state index in [9.17, 15) is 14.7 Å². The summed E-state index contributed by atoms with van der Waals surface area (Å²) < 4.78 is 9.72. The van der Waals surface area contributed by atoms with Crippen LogP contribution in [-0.2, 0) is 18.3 Å². The van der Waals surface area contributed by atoms with E-state index in [4.69, 9.17) is 9.72 Å². The van der Waals surface area contributed by atoms with Crippen LogP contribution in [0.25, 0.3) is 33.6 Å². The first-order chi connectivity index (χ1) is 18.6. The Morgan fingerprint density at radius 3 is 2.69 bits per heavy atom. The lowest BCUT2D eigenvalue weighted by Gasteiger charge is -2.24. The lowest BCUT2D eigenvalue weighted by molar-refractivity contribution is 0.0269. The number of fused-ring (bicyclic) bond motifs is 2. The second-order valence-electron chi connectivity index (χ2n) is 11.7. The molecule has 2 N–H and O–H groups in total. The fourth-order valence-electron chi connectivity index (χ4n) is 5.24. The Labute approximate surface area is 226 Å². The summed E-state index contributed by atoms with van der Waals surface area (Å²) >= 11 is 0. The van der Waals surface area contributed by atoms with Crippen molar-refractivity contribution < 1.29 is 19.4 Å². The van der Waals surface area contributed by atoms with Gasteiger partial charge in [-0.3, -0.25) is 4.79 Å². The molecule has 10 nitrogen and oxygen atoms in total. The molecular formula is C29H34N6O4. The summed E-state index contributed by atoms with van der Waals surface area (Å²) in [5.74, 6) is 1.16. The van der Waals surface area contributed by atoms with E-state index in [0.717, 1.165) is 34.6 Å². The second-order valence-corrected chi connectivity index (χ2v) is 11.7. The fraction of sp³-hybridized carbons (Fsp3) is 0.448. The molecule has 10 heteroatoms. The van der Waals surface area contributed by atoms with Crippen molar-refractivity contribution in [3.63, 3.8) is 0 Å². The number of β-amino-alcohol motifs (C(OH)–C–C–N with tert-alkyl or cyclic N) is 1. The predicted octanol–water partition coefficient (Wildman–Crippen LogP) is 3.71. The normalized spacial score (nSPS) is 19.7. The molecule has 6 rings (SSSR count). The Morgan fingerprint density at radius 1 is 1.15 bits per heavy atom. The lowest BCUT2D eigenvalue weighted by atomic mass is 10.1. The molecule has 1 aliphatic heterocycles. The van der Waals surface area contributed by atoms with Gasteiger partial charge in [-0.1, -0.05) is 0 Å². The zero-order valence-electron chi connectivity index (χ0n) is 22.7. The van der Waals surface area contributed by atoms with Gasteiger partial charge < -0.3 is 29.2 Å². The number of nitrogens with one attached hydrogen (secondary N) is 1. The van der Waals surface area contributed by atoms with Crippen LogP contribution in [0.2, 0.25) is 0 Å². The van der Waals surface area contributed by atoms with Gasteiger partial charge in [-0.2, -0.15) is 0 Å². The predicted molar refractivity (Wildman–Crippen MR) is 147 cm³/mol. The number of aryl methyl sites for hydroxylation is 1. The molecule has 2 aliphatic rings. The van der Waals surface area contributed by atoms with E-state index in [1.54, 1.807) is 32.9 Å². The quantitative estimate of drug-likeness (QED) is 0.407. The van der Waals surface area contributed by atoms with Gasteiger partial charge in [0, 0.05) is 37.3 Å². The van der Waals surface area contributed by atoms with E-state index < -0.39 is 23.8 Å². The van der Waals surface area contributed by atoms with E-state index in [1.165, 1.54) is 17.7 Å². The van der Waals surface area contributed by atoms with E-state index in [-0.39, 0.29) is 19.0 Å². The van der Waals surface area contributed by atoms with E-state index in [2.05, 4.69) is 27.0 Å². The summed E-state index contributed by atoms with van der Waals surface area (Å²) in [6.45, 7) is 6.57. The molecule has 39 heavy (non-hydrogen) atoms. The van der Waals surface area contributed by atoms with Crippen LogP contribution in [0.4, 0.5) is 4.79 Å². The number of aromatic nitrogens is 4. The van der Waals surface area contributed by atoms with Gasteiger partial charge in [0.25, 0.3) is 5.91 Å². The Hall–Kier alpha value is -3.92. The maximum atomic E-state index is 13.2. The Morgan fingerprint density at radius 2 is 1.95 bits per heavy atom. The zero-order chi connectivity index (χ0) is 27.5. The molecule has 0 spiro atoms. The summed E-state index contributed by atoms with van der Waals surface area (Å²) in [5, 5.41) is 14.5. The van der Waals surface area contributed by atoms with Crippen molar-refractivity contribution in [2.24, 2.45) is 13.0 Å². The summed E-state index contributed by atoms with van der Waals surface area (Å²) in [6.07, 6.45) is 2.91. The van der Waals surface area contributed by atoms with E-state index in [1.807, 2.05) is 29.9 Å². The number of aliphatic hydroxyl groups is 1. The molecule has 2 fully saturated rings. The van der Waals surface area contributed by atoms with Gasteiger partial charge in [0.2, 0.25) is 0 Å². The molecule has 4 aromatic rings. The van der Waals surface area contributed by atoms with Crippen molar-refractivity contribution in [2.75, 3.05) is 13.1 Å². The fourth-order valence-corrected chi connectivity index (χ4v) is 5.24.